The predicted molar refractivity (Wildman–Crippen MR) is 141 cm³/mol. The second-order valence-electron chi connectivity index (χ2n) is 9.78. The lowest BCUT2D eigenvalue weighted by Crippen LogP contribution is -2.39. The van der Waals surface area contributed by atoms with Gasteiger partial charge in [0.2, 0.25) is 0 Å². The fraction of sp³-hybridized carbons (Fsp3) is 0.429. The first-order valence-corrected chi connectivity index (χ1v) is 13.1. The number of nitrogens with one attached hydrogen (secondary N) is 1. The van der Waals surface area contributed by atoms with Crippen molar-refractivity contribution in [2.75, 3.05) is 24.5 Å². The summed E-state index contributed by atoms with van der Waals surface area (Å²) >= 11 is 0. The van der Waals surface area contributed by atoms with Crippen LogP contribution in [0.25, 0.3) is 0 Å². The Morgan fingerprint density at radius 2 is 1.97 bits per heavy atom. The van der Waals surface area contributed by atoms with E-state index >= 15 is 0 Å². The number of piperidine rings is 1. The number of benzene rings is 1. The van der Waals surface area contributed by atoms with Crippen LogP contribution in [0.5, 0.6) is 17.2 Å². The van der Waals surface area contributed by atoms with Crippen molar-refractivity contribution in [3.05, 3.63) is 65.6 Å². The minimum atomic E-state index is -0.497. The first kappa shape index (κ1) is 25.8. The lowest BCUT2D eigenvalue weighted by Gasteiger charge is -2.33. The van der Waals surface area contributed by atoms with Crippen molar-refractivity contribution >= 4 is 11.7 Å². The monoisotopic (exact) mass is 520 g/mol. The Balaban J connectivity index is 1.31. The molecule has 1 aromatic carbocycles. The van der Waals surface area contributed by atoms with Gasteiger partial charge >= 0.3 is 0 Å². The van der Waals surface area contributed by atoms with E-state index in [4.69, 9.17) is 9.47 Å². The third-order valence-electron chi connectivity index (χ3n) is 7.01. The molecule has 0 bridgehead atoms. The van der Waals surface area contributed by atoms with Crippen molar-refractivity contribution in [1.29, 1.82) is 0 Å². The lowest BCUT2D eigenvalue weighted by atomic mass is 10.1. The summed E-state index contributed by atoms with van der Waals surface area (Å²) in [5.41, 5.74) is 2.36. The van der Waals surface area contributed by atoms with Gasteiger partial charge in [0.25, 0.3) is 5.91 Å². The van der Waals surface area contributed by atoms with Crippen LogP contribution < -0.4 is 19.7 Å². The molecule has 2 aliphatic heterocycles. The second-order valence-corrected chi connectivity index (χ2v) is 9.78. The Labute approximate surface area is 222 Å². The number of amides is 1. The summed E-state index contributed by atoms with van der Waals surface area (Å²) in [4.78, 5) is 30.1. The quantitative estimate of drug-likeness (QED) is 0.469. The zero-order valence-corrected chi connectivity index (χ0v) is 22.0. The fourth-order valence-electron chi connectivity index (χ4n) is 5.03. The molecule has 0 radical (unpaired) electrons. The molecule has 3 aromatic rings. The molecule has 38 heavy (non-hydrogen) atoms. The van der Waals surface area contributed by atoms with Crippen molar-refractivity contribution in [2.45, 2.75) is 58.8 Å². The van der Waals surface area contributed by atoms with Gasteiger partial charge in [0.05, 0.1) is 17.5 Å². The summed E-state index contributed by atoms with van der Waals surface area (Å²) in [6.07, 6.45) is 6.57. The van der Waals surface area contributed by atoms with Crippen molar-refractivity contribution < 1.29 is 18.7 Å². The van der Waals surface area contributed by atoms with Crippen molar-refractivity contribution in [3.8, 4) is 17.2 Å². The number of fused-ring (bicyclic) bond motifs is 1. The van der Waals surface area contributed by atoms with Crippen LogP contribution in [-0.4, -0.2) is 57.5 Å². The lowest BCUT2D eigenvalue weighted by molar-refractivity contribution is 0.0713. The van der Waals surface area contributed by atoms with E-state index < -0.39 is 5.82 Å². The van der Waals surface area contributed by atoms with E-state index in [1.165, 1.54) is 24.5 Å². The SMILES string of the molecule is CCN(C(=O)c1cc(F)ccc1Oc1cncnc1N1CCC(Oc2ccnc3c2CNC3)CC1)C(C)C. The normalized spacial score (nSPS) is 15.4. The molecular weight excluding hydrogens is 487 g/mol. The van der Waals surface area contributed by atoms with Gasteiger partial charge in [-0.15, -0.1) is 0 Å². The van der Waals surface area contributed by atoms with Crippen LogP contribution in [0.3, 0.4) is 0 Å². The average molecular weight is 521 g/mol. The number of carbonyl (C=O) groups excluding carboxylic acids is 1. The molecule has 0 atom stereocenters. The van der Waals surface area contributed by atoms with Gasteiger partial charge in [0, 0.05) is 63.4 Å². The van der Waals surface area contributed by atoms with Gasteiger partial charge in [-0.1, -0.05) is 0 Å². The minimum absolute atomic E-state index is 0.0350. The Kier molecular flexibility index (Phi) is 7.69. The highest BCUT2D eigenvalue weighted by atomic mass is 19.1. The Morgan fingerprint density at radius 3 is 2.74 bits per heavy atom. The number of nitrogens with zero attached hydrogens (tertiary/aromatic N) is 5. The van der Waals surface area contributed by atoms with Gasteiger partial charge in [0.15, 0.2) is 11.6 Å². The van der Waals surface area contributed by atoms with Gasteiger partial charge in [-0.3, -0.25) is 9.78 Å². The molecule has 4 heterocycles. The number of ether oxygens (including phenoxy) is 2. The minimum Gasteiger partial charge on any atom is -0.490 e. The summed E-state index contributed by atoms with van der Waals surface area (Å²) in [5.74, 6) is 1.43. The summed E-state index contributed by atoms with van der Waals surface area (Å²) in [5, 5.41) is 3.33. The Hall–Kier alpha value is -3.79. The van der Waals surface area contributed by atoms with E-state index in [1.54, 1.807) is 17.3 Å². The van der Waals surface area contributed by atoms with E-state index in [0.29, 0.717) is 18.1 Å². The summed E-state index contributed by atoms with van der Waals surface area (Å²) in [6, 6.07) is 5.90. The number of hydrogen-bond donors (Lipinski definition) is 1. The van der Waals surface area contributed by atoms with E-state index in [9.17, 15) is 9.18 Å². The fourth-order valence-corrected chi connectivity index (χ4v) is 5.03. The maximum absolute atomic E-state index is 14.2. The van der Waals surface area contributed by atoms with Crippen LogP contribution in [0, 0.1) is 5.82 Å². The molecule has 1 amide bonds. The molecule has 1 fully saturated rings. The molecule has 2 aliphatic rings. The molecular formula is C28H33FN6O3. The molecule has 10 heteroatoms. The third-order valence-corrected chi connectivity index (χ3v) is 7.01. The van der Waals surface area contributed by atoms with Crippen LogP contribution in [0.1, 0.15) is 55.2 Å². The summed E-state index contributed by atoms with van der Waals surface area (Å²) < 4.78 is 26.7. The molecule has 0 unspecified atom stereocenters. The van der Waals surface area contributed by atoms with Crippen molar-refractivity contribution in [1.82, 2.24) is 25.2 Å². The molecule has 0 spiro atoms. The van der Waals surface area contributed by atoms with E-state index in [-0.39, 0.29) is 29.4 Å². The molecule has 200 valence electrons. The van der Waals surface area contributed by atoms with Gasteiger partial charge in [-0.05, 0) is 45.0 Å². The number of hydrogen-bond acceptors (Lipinski definition) is 8. The van der Waals surface area contributed by atoms with Crippen LogP contribution in [0.15, 0.2) is 43.0 Å². The van der Waals surface area contributed by atoms with Crippen LogP contribution in [-0.2, 0) is 13.1 Å². The number of rotatable bonds is 8. The average Bonchev–Trinajstić information content (AvgIpc) is 3.41. The first-order valence-electron chi connectivity index (χ1n) is 13.1. The van der Waals surface area contributed by atoms with Gasteiger partial charge in [-0.25, -0.2) is 14.4 Å². The Bertz CT molecular complexity index is 1300. The third kappa shape index (κ3) is 5.40. The molecule has 5 rings (SSSR count). The predicted octanol–water partition coefficient (Wildman–Crippen LogP) is 4.32. The highest BCUT2D eigenvalue weighted by Gasteiger charge is 2.27. The summed E-state index contributed by atoms with van der Waals surface area (Å²) in [7, 11) is 0. The number of aromatic nitrogens is 3. The van der Waals surface area contributed by atoms with Gasteiger partial charge in [-0.2, -0.15) is 0 Å². The van der Waals surface area contributed by atoms with Gasteiger partial charge < -0.3 is 24.6 Å². The zero-order chi connectivity index (χ0) is 26.6. The van der Waals surface area contributed by atoms with Crippen molar-refractivity contribution in [3.63, 3.8) is 0 Å². The number of carbonyl (C=O) groups is 1. The molecule has 1 N–H and O–H groups in total. The highest BCUT2D eigenvalue weighted by Crippen LogP contribution is 2.35. The second kappa shape index (κ2) is 11.3. The van der Waals surface area contributed by atoms with Crippen LogP contribution >= 0.6 is 0 Å². The Morgan fingerprint density at radius 1 is 1.16 bits per heavy atom. The van der Waals surface area contributed by atoms with Crippen LogP contribution in [0.4, 0.5) is 10.2 Å². The number of anilines is 1. The molecule has 9 nitrogen and oxygen atoms in total. The molecule has 0 saturated carbocycles. The molecule has 0 aliphatic carbocycles. The number of halogens is 1. The molecule has 1 saturated heterocycles. The smallest absolute Gasteiger partial charge is 0.257 e. The maximum Gasteiger partial charge on any atom is 0.257 e. The van der Waals surface area contributed by atoms with E-state index in [0.717, 1.165) is 56.0 Å². The first-order chi connectivity index (χ1) is 18.4. The summed E-state index contributed by atoms with van der Waals surface area (Å²) in [6.45, 7) is 9.24. The van der Waals surface area contributed by atoms with E-state index in [1.807, 2.05) is 26.8 Å². The highest BCUT2D eigenvalue weighted by molar-refractivity contribution is 5.97. The van der Waals surface area contributed by atoms with Crippen LogP contribution in [0.2, 0.25) is 0 Å². The zero-order valence-electron chi connectivity index (χ0n) is 22.0. The number of pyridine rings is 1. The largest absolute Gasteiger partial charge is 0.490 e. The maximum atomic E-state index is 14.2. The standard InChI is InChI=1S/C28H33FN6O3/c1-4-35(18(2)3)28(36)21-13-19(29)5-6-24(21)38-26-16-31-17-33-27(26)34-11-8-20(9-12-34)37-25-7-10-32-23-15-30-14-22(23)25/h5-7,10,13,16-18,20,30H,4,8-9,11-12,14-15H2,1-3H3. The topological polar surface area (TPSA) is 92.7 Å². The van der Waals surface area contributed by atoms with Crippen molar-refractivity contribution in [2.24, 2.45) is 0 Å². The van der Waals surface area contributed by atoms with E-state index in [2.05, 4.69) is 25.2 Å². The van der Waals surface area contributed by atoms with Gasteiger partial charge in [0.1, 0.15) is 29.7 Å². The molecule has 2 aromatic heterocycles.